The SMILES string of the molecule is CC(C)(CCCCl)CNCC1CCCc2ccccc21. The van der Waals surface area contributed by atoms with Crippen molar-refractivity contribution in [3.8, 4) is 0 Å². The number of hydrogen-bond acceptors (Lipinski definition) is 1. The van der Waals surface area contributed by atoms with Gasteiger partial charge in [-0.05, 0) is 54.6 Å². The third-order valence-electron chi connectivity index (χ3n) is 4.48. The number of halogens is 1. The quantitative estimate of drug-likeness (QED) is 0.716. The number of hydrogen-bond donors (Lipinski definition) is 1. The molecule has 0 aromatic heterocycles. The molecule has 1 atom stereocenters. The van der Waals surface area contributed by atoms with Gasteiger partial charge in [0.1, 0.15) is 0 Å². The minimum atomic E-state index is 0.350. The van der Waals surface area contributed by atoms with Crippen LogP contribution in [-0.4, -0.2) is 19.0 Å². The third-order valence-corrected chi connectivity index (χ3v) is 4.74. The van der Waals surface area contributed by atoms with Crippen molar-refractivity contribution in [3.63, 3.8) is 0 Å². The highest BCUT2D eigenvalue weighted by atomic mass is 35.5. The van der Waals surface area contributed by atoms with Crippen molar-refractivity contribution in [3.05, 3.63) is 35.4 Å². The Morgan fingerprint density at radius 1 is 1.30 bits per heavy atom. The van der Waals surface area contributed by atoms with E-state index < -0.39 is 0 Å². The summed E-state index contributed by atoms with van der Waals surface area (Å²) in [6.45, 7) is 6.87. The van der Waals surface area contributed by atoms with E-state index in [1.165, 1.54) is 25.7 Å². The van der Waals surface area contributed by atoms with Crippen LogP contribution in [0, 0.1) is 5.41 Å². The Bertz CT molecular complexity index is 414. The fourth-order valence-electron chi connectivity index (χ4n) is 3.29. The summed E-state index contributed by atoms with van der Waals surface area (Å²) >= 11 is 5.80. The Balaban J connectivity index is 1.83. The van der Waals surface area contributed by atoms with E-state index in [2.05, 4.69) is 43.4 Å². The Labute approximate surface area is 129 Å². The predicted molar refractivity (Wildman–Crippen MR) is 88.7 cm³/mol. The van der Waals surface area contributed by atoms with E-state index in [1.807, 2.05) is 0 Å². The van der Waals surface area contributed by atoms with Crippen LogP contribution in [0.2, 0.25) is 0 Å². The molecule has 0 bridgehead atoms. The number of fused-ring (bicyclic) bond motifs is 1. The monoisotopic (exact) mass is 293 g/mol. The van der Waals surface area contributed by atoms with E-state index in [4.69, 9.17) is 11.6 Å². The highest BCUT2D eigenvalue weighted by Gasteiger charge is 2.21. The lowest BCUT2D eigenvalue weighted by Crippen LogP contribution is -2.33. The summed E-state index contributed by atoms with van der Waals surface area (Å²) < 4.78 is 0. The van der Waals surface area contributed by atoms with Crippen LogP contribution in [0.25, 0.3) is 0 Å². The zero-order chi connectivity index (χ0) is 14.4. The second kappa shape index (κ2) is 7.47. The molecular weight excluding hydrogens is 266 g/mol. The van der Waals surface area contributed by atoms with Gasteiger partial charge in [0.25, 0.3) is 0 Å². The van der Waals surface area contributed by atoms with Crippen LogP contribution in [0.3, 0.4) is 0 Å². The molecule has 1 aliphatic carbocycles. The summed E-state index contributed by atoms with van der Waals surface area (Å²) in [5.74, 6) is 1.48. The first-order chi connectivity index (χ1) is 9.62. The average molecular weight is 294 g/mol. The Hall–Kier alpha value is -0.530. The highest BCUT2D eigenvalue weighted by Crippen LogP contribution is 2.31. The van der Waals surface area contributed by atoms with Gasteiger partial charge in [-0.3, -0.25) is 0 Å². The van der Waals surface area contributed by atoms with Crippen molar-refractivity contribution >= 4 is 11.6 Å². The maximum atomic E-state index is 5.80. The second-order valence-corrected chi connectivity index (χ2v) is 7.25. The van der Waals surface area contributed by atoms with Crippen LogP contribution >= 0.6 is 11.6 Å². The van der Waals surface area contributed by atoms with Gasteiger partial charge in [0, 0.05) is 19.0 Å². The van der Waals surface area contributed by atoms with Crippen molar-refractivity contribution in [2.75, 3.05) is 19.0 Å². The van der Waals surface area contributed by atoms with Crippen LogP contribution in [0.4, 0.5) is 0 Å². The fraction of sp³-hybridized carbons (Fsp3) is 0.667. The molecule has 1 unspecified atom stereocenters. The van der Waals surface area contributed by atoms with Crippen molar-refractivity contribution in [1.82, 2.24) is 5.32 Å². The smallest absolute Gasteiger partial charge is 0.0223 e. The number of rotatable bonds is 7. The Kier molecular flexibility index (Phi) is 5.92. The van der Waals surface area contributed by atoms with Gasteiger partial charge in [0.15, 0.2) is 0 Å². The van der Waals surface area contributed by atoms with Gasteiger partial charge in [0.05, 0.1) is 0 Å². The number of nitrogens with one attached hydrogen (secondary N) is 1. The van der Waals surface area contributed by atoms with Gasteiger partial charge in [-0.25, -0.2) is 0 Å². The largest absolute Gasteiger partial charge is 0.316 e. The molecule has 1 N–H and O–H groups in total. The van der Waals surface area contributed by atoms with E-state index in [1.54, 1.807) is 11.1 Å². The predicted octanol–water partition coefficient (Wildman–Crippen LogP) is 4.74. The van der Waals surface area contributed by atoms with Crippen LogP contribution in [0.15, 0.2) is 24.3 Å². The van der Waals surface area contributed by atoms with Crippen molar-refractivity contribution in [2.24, 2.45) is 5.41 Å². The zero-order valence-corrected chi connectivity index (χ0v) is 13.7. The van der Waals surface area contributed by atoms with Crippen molar-refractivity contribution < 1.29 is 0 Å². The minimum absolute atomic E-state index is 0.350. The molecular formula is C18H28ClN. The summed E-state index contributed by atoms with van der Waals surface area (Å²) in [5.41, 5.74) is 3.49. The van der Waals surface area contributed by atoms with Gasteiger partial charge in [-0.1, -0.05) is 38.1 Å². The molecule has 20 heavy (non-hydrogen) atoms. The molecule has 0 aliphatic heterocycles. The van der Waals surface area contributed by atoms with E-state index in [0.29, 0.717) is 11.3 Å². The first-order valence-electron chi connectivity index (χ1n) is 7.97. The molecule has 2 rings (SSSR count). The number of alkyl halides is 1. The molecule has 112 valence electrons. The molecule has 0 saturated heterocycles. The van der Waals surface area contributed by atoms with Crippen LogP contribution < -0.4 is 5.32 Å². The standard InChI is InChI=1S/C18H28ClN/c1-18(2,11-6-12-19)14-20-13-16-9-5-8-15-7-3-4-10-17(15)16/h3-4,7,10,16,20H,5-6,8-9,11-14H2,1-2H3. The first-order valence-corrected chi connectivity index (χ1v) is 8.50. The topological polar surface area (TPSA) is 12.0 Å². The molecule has 0 fully saturated rings. The van der Waals surface area contributed by atoms with E-state index in [-0.39, 0.29) is 0 Å². The second-order valence-electron chi connectivity index (χ2n) is 6.88. The van der Waals surface area contributed by atoms with Gasteiger partial charge >= 0.3 is 0 Å². The lowest BCUT2D eigenvalue weighted by Gasteiger charge is -2.29. The van der Waals surface area contributed by atoms with E-state index in [0.717, 1.165) is 25.4 Å². The van der Waals surface area contributed by atoms with E-state index >= 15 is 0 Å². The lowest BCUT2D eigenvalue weighted by atomic mass is 9.82. The molecule has 0 amide bonds. The van der Waals surface area contributed by atoms with Crippen LogP contribution in [0.5, 0.6) is 0 Å². The zero-order valence-electron chi connectivity index (χ0n) is 12.9. The molecule has 1 aliphatic rings. The molecule has 2 heteroatoms. The minimum Gasteiger partial charge on any atom is -0.316 e. The molecule has 0 spiro atoms. The van der Waals surface area contributed by atoms with Gasteiger partial charge in [0.2, 0.25) is 0 Å². The lowest BCUT2D eigenvalue weighted by molar-refractivity contribution is 0.306. The van der Waals surface area contributed by atoms with Crippen molar-refractivity contribution in [1.29, 1.82) is 0 Å². The first kappa shape index (κ1) is 15.9. The summed E-state index contributed by atoms with van der Waals surface area (Å²) in [6, 6.07) is 8.97. The van der Waals surface area contributed by atoms with Gasteiger partial charge < -0.3 is 5.32 Å². The Morgan fingerprint density at radius 2 is 2.10 bits per heavy atom. The van der Waals surface area contributed by atoms with Crippen LogP contribution in [0.1, 0.15) is 56.6 Å². The maximum absolute atomic E-state index is 5.80. The maximum Gasteiger partial charge on any atom is 0.0223 e. The van der Waals surface area contributed by atoms with Gasteiger partial charge in [-0.15, -0.1) is 11.6 Å². The normalized spacial score (nSPS) is 18.9. The fourth-order valence-corrected chi connectivity index (χ4v) is 3.42. The Morgan fingerprint density at radius 3 is 2.90 bits per heavy atom. The summed E-state index contributed by atoms with van der Waals surface area (Å²) in [6.07, 6.45) is 6.23. The van der Waals surface area contributed by atoms with Crippen LogP contribution in [-0.2, 0) is 6.42 Å². The van der Waals surface area contributed by atoms with Crippen molar-refractivity contribution in [2.45, 2.75) is 51.9 Å². The molecule has 0 heterocycles. The number of aryl methyl sites for hydroxylation is 1. The third kappa shape index (κ3) is 4.49. The summed E-state index contributed by atoms with van der Waals surface area (Å²) in [7, 11) is 0. The molecule has 1 nitrogen and oxygen atoms in total. The molecule has 1 aromatic rings. The highest BCUT2D eigenvalue weighted by molar-refractivity contribution is 6.17. The molecule has 1 aromatic carbocycles. The number of benzene rings is 1. The molecule has 0 saturated carbocycles. The average Bonchev–Trinajstić information content (AvgIpc) is 2.45. The molecule has 0 radical (unpaired) electrons. The van der Waals surface area contributed by atoms with E-state index in [9.17, 15) is 0 Å². The summed E-state index contributed by atoms with van der Waals surface area (Å²) in [5, 5.41) is 3.70. The van der Waals surface area contributed by atoms with Gasteiger partial charge in [-0.2, -0.15) is 0 Å². The summed E-state index contributed by atoms with van der Waals surface area (Å²) in [4.78, 5) is 0.